The molecule has 2 atom stereocenters. The second-order valence-corrected chi connectivity index (χ2v) is 3.64. The van der Waals surface area contributed by atoms with Gasteiger partial charge in [-0.1, -0.05) is 0 Å². The van der Waals surface area contributed by atoms with Crippen molar-refractivity contribution in [2.75, 3.05) is 7.11 Å². The molecule has 0 aromatic carbocycles. The van der Waals surface area contributed by atoms with Gasteiger partial charge in [-0.25, -0.2) is 4.79 Å². The van der Waals surface area contributed by atoms with Crippen LogP contribution in [0.2, 0.25) is 0 Å². The molecule has 2 unspecified atom stereocenters. The number of nitrogens with zero attached hydrogens (tertiary/aromatic N) is 2. The largest absolute Gasteiger partial charge is 0.481 e. The van der Waals surface area contributed by atoms with E-state index in [1.807, 2.05) is 6.92 Å². The molecular formula is C10H14N2O3. The lowest BCUT2D eigenvalue weighted by molar-refractivity contribution is 0.00783. The Morgan fingerprint density at radius 1 is 1.60 bits per heavy atom. The first-order valence-electron chi connectivity index (χ1n) is 4.99. The molecule has 0 radical (unpaired) electrons. The molecule has 1 saturated heterocycles. The third kappa shape index (κ3) is 2.02. The lowest BCUT2D eigenvalue weighted by Gasteiger charge is -2.13. The van der Waals surface area contributed by atoms with Gasteiger partial charge in [-0.3, -0.25) is 4.57 Å². The highest BCUT2D eigenvalue weighted by molar-refractivity contribution is 5.05. The molecule has 1 aliphatic rings. The monoisotopic (exact) mass is 210 g/mol. The van der Waals surface area contributed by atoms with Gasteiger partial charge in [0.2, 0.25) is 5.88 Å². The zero-order valence-corrected chi connectivity index (χ0v) is 8.84. The molecular weight excluding hydrogens is 196 g/mol. The predicted molar refractivity (Wildman–Crippen MR) is 53.9 cm³/mol. The van der Waals surface area contributed by atoms with Crippen LogP contribution in [-0.2, 0) is 4.74 Å². The molecule has 0 bridgehead atoms. The Balaban J connectivity index is 2.26. The smallest absolute Gasteiger partial charge is 0.352 e. The van der Waals surface area contributed by atoms with Crippen molar-refractivity contribution in [2.24, 2.45) is 0 Å². The van der Waals surface area contributed by atoms with Crippen molar-refractivity contribution in [2.45, 2.75) is 32.1 Å². The third-order valence-electron chi connectivity index (χ3n) is 2.53. The normalized spacial score (nSPS) is 25.5. The minimum Gasteiger partial charge on any atom is -0.481 e. The van der Waals surface area contributed by atoms with Crippen molar-refractivity contribution < 1.29 is 9.47 Å². The van der Waals surface area contributed by atoms with Crippen LogP contribution in [0.1, 0.15) is 26.0 Å². The van der Waals surface area contributed by atoms with E-state index in [1.165, 1.54) is 11.7 Å². The van der Waals surface area contributed by atoms with Gasteiger partial charge in [-0.05, 0) is 19.8 Å². The van der Waals surface area contributed by atoms with E-state index in [0.29, 0.717) is 5.88 Å². The van der Waals surface area contributed by atoms with Crippen LogP contribution in [-0.4, -0.2) is 22.8 Å². The van der Waals surface area contributed by atoms with Crippen LogP contribution >= 0.6 is 0 Å². The lowest BCUT2D eigenvalue weighted by atomic mass is 10.2. The Kier molecular flexibility index (Phi) is 2.73. The topological polar surface area (TPSA) is 53.4 Å². The standard InChI is InChI=1S/C10H14N2O3/c1-7-3-4-9(15-7)12-6-5-8(14-2)11-10(12)13/h5-7,9H,3-4H2,1-2H3. The van der Waals surface area contributed by atoms with Gasteiger partial charge >= 0.3 is 5.69 Å². The third-order valence-corrected chi connectivity index (χ3v) is 2.53. The number of hydrogen-bond donors (Lipinski definition) is 0. The van der Waals surface area contributed by atoms with Crippen LogP contribution < -0.4 is 10.4 Å². The average molecular weight is 210 g/mol. The van der Waals surface area contributed by atoms with Gasteiger partial charge in [0.1, 0.15) is 6.23 Å². The van der Waals surface area contributed by atoms with E-state index < -0.39 is 0 Å². The van der Waals surface area contributed by atoms with Crippen molar-refractivity contribution in [3.63, 3.8) is 0 Å². The van der Waals surface area contributed by atoms with Crippen LogP contribution in [0.3, 0.4) is 0 Å². The maximum Gasteiger partial charge on any atom is 0.352 e. The zero-order chi connectivity index (χ0) is 10.8. The van der Waals surface area contributed by atoms with Gasteiger partial charge in [0.05, 0.1) is 13.2 Å². The predicted octanol–water partition coefficient (Wildman–Crippen LogP) is 0.949. The van der Waals surface area contributed by atoms with E-state index in [1.54, 1.807) is 12.3 Å². The number of ether oxygens (including phenoxy) is 2. The van der Waals surface area contributed by atoms with Crippen molar-refractivity contribution in [1.29, 1.82) is 0 Å². The first-order valence-corrected chi connectivity index (χ1v) is 4.99. The van der Waals surface area contributed by atoms with Crippen molar-refractivity contribution in [3.05, 3.63) is 22.7 Å². The first-order chi connectivity index (χ1) is 7.20. The summed E-state index contributed by atoms with van der Waals surface area (Å²) in [4.78, 5) is 15.4. The van der Waals surface area contributed by atoms with Crippen LogP contribution in [0.5, 0.6) is 5.88 Å². The van der Waals surface area contributed by atoms with Gasteiger partial charge in [-0.2, -0.15) is 4.98 Å². The van der Waals surface area contributed by atoms with Crippen LogP contribution in [0.4, 0.5) is 0 Å². The van der Waals surface area contributed by atoms with Gasteiger partial charge < -0.3 is 9.47 Å². The maximum absolute atomic E-state index is 11.6. The molecule has 82 valence electrons. The molecule has 1 aliphatic heterocycles. The van der Waals surface area contributed by atoms with Crippen molar-refractivity contribution in [1.82, 2.24) is 9.55 Å². The van der Waals surface area contributed by atoms with Gasteiger partial charge in [0.25, 0.3) is 0 Å². The van der Waals surface area contributed by atoms with Gasteiger partial charge in [0.15, 0.2) is 0 Å². The van der Waals surface area contributed by atoms with E-state index in [4.69, 9.17) is 9.47 Å². The molecule has 2 rings (SSSR count). The molecule has 0 saturated carbocycles. The summed E-state index contributed by atoms with van der Waals surface area (Å²) in [5, 5.41) is 0. The fourth-order valence-electron chi connectivity index (χ4n) is 1.72. The molecule has 1 fully saturated rings. The minimum atomic E-state index is -0.326. The van der Waals surface area contributed by atoms with Crippen molar-refractivity contribution in [3.8, 4) is 5.88 Å². The Morgan fingerprint density at radius 3 is 2.93 bits per heavy atom. The highest BCUT2D eigenvalue weighted by Crippen LogP contribution is 2.26. The molecule has 0 N–H and O–H groups in total. The highest BCUT2D eigenvalue weighted by atomic mass is 16.5. The molecule has 2 heterocycles. The molecule has 0 spiro atoms. The van der Waals surface area contributed by atoms with E-state index in [2.05, 4.69) is 4.98 Å². The van der Waals surface area contributed by atoms with Crippen molar-refractivity contribution >= 4 is 0 Å². The summed E-state index contributed by atoms with van der Waals surface area (Å²) in [6.45, 7) is 2.00. The second kappa shape index (κ2) is 4.02. The quantitative estimate of drug-likeness (QED) is 0.729. The summed E-state index contributed by atoms with van der Waals surface area (Å²) in [6.07, 6.45) is 3.53. The van der Waals surface area contributed by atoms with E-state index >= 15 is 0 Å². The average Bonchev–Trinajstić information content (AvgIpc) is 2.64. The number of aromatic nitrogens is 2. The van der Waals surface area contributed by atoms with Crippen LogP contribution in [0.15, 0.2) is 17.1 Å². The van der Waals surface area contributed by atoms with E-state index in [9.17, 15) is 4.79 Å². The summed E-state index contributed by atoms with van der Waals surface area (Å²) in [6, 6.07) is 1.66. The van der Waals surface area contributed by atoms with Crippen LogP contribution in [0.25, 0.3) is 0 Å². The zero-order valence-electron chi connectivity index (χ0n) is 8.84. The molecule has 15 heavy (non-hydrogen) atoms. The van der Waals surface area contributed by atoms with Crippen LogP contribution in [0, 0.1) is 0 Å². The number of hydrogen-bond acceptors (Lipinski definition) is 4. The molecule has 1 aromatic heterocycles. The van der Waals surface area contributed by atoms with Gasteiger partial charge in [-0.15, -0.1) is 0 Å². The summed E-state index contributed by atoms with van der Waals surface area (Å²) >= 11 is 0. The summed E-state index contributed by atoms with van der Waals surface area (Å²) < 4.78 is 12.0. The number of rotatable bonds is 2. The van der Waals surface area contributed by atoms with Gasteiger partial charge in [0, 0.05) is 12.3 Å². The number of methoxy groups -OCH3 is 1. The second-order valence-electron chi connectivity index (χ2n) is 3.64. The molecule has 0 aliphatic carbocycles. The maximum atomic E-state index is 11.6. The van der Waals surface area contributed by atoms with E-state index in [-0.39, 0.29) is 18.0 Å². The molecule has 5 heteroatoms. The lowest BCUT2D eigenvalue weighted by Crippen LogP contribution is -2.26. The molecule has 5 nitrogen and oxygen atoms in total. The highest BCUT2D eigenvalue weighted by Gasteiger charge is 2.24. The Labute approximate surface area is 87.7 Å². The minimum absolute atomic E-state index is 0.175. The summed E-state index contributed by atoms with van der Waals surface area (Å²) in [5.41, 5.74) is -0.326. The summed E-state index contributed by atoms with van der Waals surface area (Å²) in [7, 11) is 1.49. The molecule has 1 aromatic rings. The first kappa shape index (κ1) is 10.2. The summed E-state index contributed by atoms with van der Waals surface area (Å²) in [5.74, 6) is 0.335. The Morgan fingerprint density at radius 2 is 2.40 bits per heavy atom. The fourth-order valence-corrected chi connectivity index (χ4v) is 1.72. The Bertz CT molecular complexity index is 402. The Hall–Kier alpha value is -1.36. The SMILES string of the molecule is COc1ccn(C2CCC(C)O2)c(=O)n1. The fraction of sp³-hybridized carbons (Fsp3) is 0.600. The van der Waals surface area contributed by atoms with E-state index in [0.717, 1.165) is 12.8 Å². The molecule has 0 amide bonds.